The SMILES string of the molecule is Cc1ccc(CCNC(=O)CBr)cc1. The lowest BCUT2D eigenvalue weighted by Crippen LogP contribution is -2.26. The summed E-state index contributed by atoms with van der Waals surface area (Å²) < 4.78 is 0. The van der Waals surface area contributed by atoms with E-state index in [4.69, 9.17) is 0 Å². The first kappa shape index (κ1) is 11.2. The van der Waals surface area contributed by atoms with Gasteiger partial charge in [0.1, 0.15) is 0 Å². The first-order chi connectivity index (χ1) is 6.72. The molecule has 1 aromatic rings. The molecule has 1 aromatic carbocycles. The van der Waals surface area contributed by atoms with E-state index in [-0.39, 0.29) is 5.91 Å². The van der Waals surface area contributed by atoms with E-state index in [9.17, 15) is 4.79 Å². The summed E-state index contributed by atoms with van der Waals surface area (Å²) in [6.07, 6.45) is 0.888. The van der Waals surface area contributed by atoms with Gasteiger partial charge in [-0.25, -0.2) is 0 Å². The Morgan fingerprint density at radius 2 is 2.00 bits per heavy atom. The van der Waals surface area contributed by atoms with Gasteiger partial charge in [-0.2, -0.15) is 0 Å². The first-order valence-corrected chi connectivity index (χ1v) is 5.72. The van der Waals surface area contributed by atoms with E-state index < -0.39 is 0 Å². The van der Waals surface area contributed by atoms with Crippen LogP contribution >= 0.6 is 15.9 Å². The molecule has 1 rings (SSSR count). The van der Waals surface area contributed by atoms with Crippen molar-refractivity contribution in [2.45, 2.75) is 13.3 Å². The molecule has 14 heavy (non-hydrogen) atoms. The molecule has 0 atom stereocenters. The van der Waals surface area contributed by atoms with E-state index in [0.29, 0.717) is 11.9 Å². The molecule has 0 aliphatic carbocycles. The van der Waals surface area contributed by atoms with E-state index >= 15 is 0 Å². The van der Waals surface area contributed by atoms with Gasteiger partial charge in [0.2, 0.25) is 5.91 Å². The van der Waals surface area contributed by atoms with Gasteiger partial charge in [0, 0.05) is 6.54 Å². The number of hydrogen-bond donors (Lipinski definition) is 1. The van der Waals surface area contributed by atoms with E-state index in [1.165, 1.54) is 11.1 Å². The lowest BCUT2D eigenvalue weighted by atomic mass is 10.1. The van der Waals surface area contributed by atoms with E-state index in [2.05, 4.69) is 52.4 Å². The maximum absolute atomic E-state index is 10.9. The van der Waals surface area contributed by atoms with Crippen molar-refractivity contribution in [1.29, 1.82) is 0 Å². The molecule has 0 radical (unpaired) electrons. The summed E-state index contributed by atoms with van der Waals surface area (Å²) in [5.74, 6) is 0.0390. The minimum Gasteiger partial charge on any atom is -0.355 e. The molecule has 1 amide bonds. The Hall–Kier alpha value is -0.830. The summed E-state index contributed by atoms with van der Waals surface area (Å²) in [5, 5.41) is 3.19. The average Bonchev–Trinajstić information content (AvgIpc) is 2.21. The van der Waals surface area contributed by atoms with E-state index in [1.54, 1.807) is 0 Å². The van der Waals surface area contributed by atoms with Crippen molar-refractivity contribution in [3.05, 3.63) is 35.4 Å². The fraction of sp³-hybridized carbons (Fsp3) is 0.364. The summed E-state index contributed by atoms with van der Waals surface area (Å²) >= 11 is 3.10. The van der Waals surface area contributed by atoms with Crippen molar-refractivity contribution in [2.24, 2.45) is 0 Å². The number of rotatable bonds is 4. The summed E-state index contributed by atoms with van der Waals surface area (Å²) in [6, 6.07) is 8.36. The fourth-order valence-corrected chi connectivity index (χ4v) is 1.35. The van der Waals surface area contributed by atoms with Gasteiger partial charge in [-0.05, 0) is 18.9 Å². The molecule has 0 aliphatic heterocycles. The molecule has 2 nitrogen and oxygen atoms in total. The van der Waals surface area contributed by atoms with Gasteiger partial charge in [0.15, 0.2) is 0 Å². The summed E-state index contributed by atoms with van der Waals surface area (Å²) in [6.45, 7) is 2.77. The monoisotopic (exact) mass is 255 g/mol. The van der Waals surface area contributed by atoms with Crippen LogP contribution in [0.2, 0.25) is 0 Å². The van der Waals surface area contributed by atoms with Gasteiger partial charge in [0.05, 0.1) is 5.33 Å². The van der Waals surface area contributed by atoms with E-state index in [0.717, 1.165) is 6.42 Å². The van der Waals surface area contributed by atoms with E-state index in [1.807, 2.05) is 0 Å². The molecular formula is C11H14BrNO. The number of hydrogen-bond acceptors (Lipinski definition) is 1. The van der Waals surface area contributed by atoms with Gasteiger partial charge in [-0.3, -0.25) is 4.79 Å². The molecule has 0 heterocycles. The van der Waals surface area contributed by atoms with Crippen LogP contribution in [0.4, 0.5) is 0 Å². The number of halogens is 1. The van der Waals surface area contributed by atoms with Crippen molar-refractivity contribution in [3.8, 4) is 0 Å². The number of alkyl halides is 1. The molecule has 0 bridgehead atoms. The molecule has 0 spiro atoms. The fourth-order valence-electron chi connectivity index (χ4n) is 1.15. The highest BCUT2D eigenvalue weighted by atomic mass is 79.9. The number of amides is 1. The van der Waals surface area contributed by atoms with Crippen molar-refractivity contribution in [3.63, 3.8) is 0 Å². The maximum Gasteiger partial charge on any atom is 0.230 e. The zero-order chi connectivity index (χ0) is 10.4. The maximum atomic E-state index is 10.9. The van der Waals surface area contributed by atoms with Gasteiger partial charge in [-0.1, -0.05) is 45.8 Å². The Labute approximate surface area is 92.8 Å². The molecule has 0 aromatic heterocycles. The van der Waals surface area contributed by atoms with Crippen LogP contribution in [0.1, 0.15) is 11.1 Å². The highest BCUT2D eigenvalue weighted by molar-refractivity contribution is 9.09. The number of benzene rings is 1. The smallest absolute Gasteiger partial charge is 0.230 e. The molecule has 76 valence electrons. The molecule has 3 heteroatoms. The molecule has 0 fully saturated rings. The Bertz CT molecular complexity index is 295. The van der Waals surface area contributed by atoms with Crippen molar-refractivity contribution in [1.82, 2.24) is 5.32 Å². The number of carbonyl (C=O) groups is 1. The lowest BCUT2D eigenvalue weighted by molar-refractivity contribution is -0.118. The Morgan fingerprint density at radius 1 is 1.36 bits per heavy atom. The zero-order valence-electron chi connectivity index (χ0n) is 8.22. The second kappa shape index (κ2) is 5.81. The Kier molecular flexibility index (Phi) is 4.66. The average molecular weight is 256 g/mol. The quantitative estimate of drug-likeness (QED) is 0.821. The number of nitrogens with one attached hydrogen (secondary N) is 1. The highest BCUT2D eigenvalue weighted by Gasteiger charge is 1.97. The predicted molar refractivity (Wildman–Crippen MR) is 61.7 cm³/mol. The summed E-state index contributed by atoms with van der Waals surface area (Å²) in [5.41, 5.74) is 2.52. The van der Waals surface area contributed by atoms with Crippen molar-refractivity contribution >= 4 is 21.8 Å². The zero-order valence-corrected chi connectivity index (χ0v) is 9.80. The number of carbonyl (C=O) groups excluding carboxylic acids is 1. The van der Waals surface area contributed by atoms with Gasteiger partial charge in [0.25, 0.3) is 0 Å². The third-order valence-corrected chi connectivity index (χ3v) is 2.49. The van der Waals surface area contributed by atoms with Crippen molar-refractivity contribution in [2.75, 3.05) is 11.9 Å². The van der Waals surface area contributed by atoms with Gasteiger partial charge < -0.3 is 5.32 Å². The first-order valence-electron chi connectivity index (χ1n) is 4.60. The van der Waals surface area contributed by atoms with Crippen LogP contribution in [0.5, 0.6) is 0 Å². The van der Waals surface area contributed by atoms with Crippen LogP contribution in [0, 0.1) is 6.92 Å². The predicted octanol–water partition coefficient (Wildman–Crippen LogP) is 2.05. The molecule has 0 saturated carbocycles. The van der Waals surface area contributed by atoms with Crippen LogP contribution in [0.15, 0.2) is 24.3 Å². The van der Waals surface area contributed by atoms with Crippen LogP contribution in [0.25, 0.3) is 0 Å². The summed E-state index contributed by atoms with van der Waals surface area (Å²) in [7, 11) is 0. The van der Waals surface area contributed by atoms with Crippen LogP contribution in [-0.2, 0) is 11.2 Å². The van der Waals surface area contributed by atoms with Crippen molar-refractivity contribution < 1.29 is 4.79 Å². The summed E-state index contributed by atoms with van der Waals surface area (Å²) in [4.78, 5) is 10.9. The molecular weight excluding hydrogens is 242 g/mol. The normalized spacial score (nSPS) is 9.86. The second-order valence-electron chi connectivity index (χ2n) is 3.22. The van der Waals surface area contributed by atoms with Crippen LogP contribution in [-0.4, -0.2) is 17.8 Å². The van der Waals surface area contributed by atoms with Crippen LogP contribution < -0.4 is 5.32 Å². The Balaban J connectivity index is 2.31. The third-order valence-electron chi connectivity index (χ3n) is 1.98. The topological polar surface area (TPSA) is 29.1 Å². The highest BCUT2D eigenvalue weighted by Crippen LogP contribution is 2.02. The molecule has 1 N–H and O–H groups in total. The largest absolute Gasteiger partial charge is 0.355 e. The minimum absolute atomic E-state index is 0.0390. The van der Waals surface area contributed by atoms with Gasteiger partial charge >= 0.3 is 0 Å². The second-order valence-corrected chi connectivity index (χ2v) is 3.78. The molecule has 0 saturated heterocycles. The third kappa shape index (κ3) is 3.92. The lowest BCUT2D eigenvalue weighted by Gasteiger charge is -2.03. The minimum atomic E-state index is 0.0390. The standard InChI is InChI=1S/C11H14BrNO/c1-9-2-4-10(5-3-9)6-7-13-11(14)8-12/h2-5H,6-8H2,1H3,(H,13,14). The Morgan fingerprint density at radius 3 is 2.57 bits per heavy atom. The number of aryl methyl sites for hydroxylation is 1. The molecule has 0 aliphatic rings. The van der Waals surface area contributed by atoms with Crippen LogP contribution in [0.3, 0.4) is 0 Å². The van der Waals surface area contributed by atoms with Gasteiger partial charge in [-0.15, -0.1) is 0 Å². The molecule has 0 unspecified atom stereocenters.